The van der Waals surface area contributed by atoms with E-state index in [0.717, 1.165) is 6.42 Å². The molecule has 0 aliphatic carbocycles. The van der Waals surface area contributed by atoms with Gasteiger partial charge in [-0.3, -0.25) is 0 Å². The van der Waals surface area contributed by atoms with E-state index in [9.17, 15) is 4.39 Å². The molecule has 0 unspecified atom stereocenters. The average Bonchev–Trinajstić information content (AvgIpc) is 2.55. The van der Waals surface area contributed by atoms with Gasteiger partial charge in [-0.05, 0) is 26.3 Å². The highest BCUT2D eigenvalue weighted by Gasteiger charge is 2.24. The first-order valence-corrected chi connectivity index (χ1v) is 5.88. The van der Waals surface area contributed by atoms with Crippen molar-refractivity contribution in [2.75, 3.05) is 5.73 Å². The van der Waals surface area contributed by atoms with Gasteiger partial charge in [0.15, 0.2) is 0 Å². The van der Waals surface area contributed by atoms with Gasteiger partial charge in [0.25, 0.3) is 0 Å². The fourth-order valence-electron chi connectivity index (χ4n) is 1.89. The largest absolute Gasteiger partial charge is 0.369 e. The average molecular weight is 256 g/mol. The van der Waals surface area contributed by atoms with Gasteiger partial charge in [0.2, 0.25) is 5.95 Å². The van der Waals surface area contributed by atoms with Crippen molar-refractivity contribution in [1.29, 1.82) is 0 Å². The van der Waals surface area contributed by atoms with Gasteiger partial charge in [0.1, 0.15) is 5.82 Å². The summed E-state index contributed by atoms with van der Waals surface area (Å²) in [4.78, 5) is 4.22. The molecular weight excluding hydrogens is 241 g/mol. The zero-order chi connectivity index (χ0) is 12.8. The minimum absolute atomic E-state index is 0.0662. The van der Waals surface area contributed by atoms with E-state index in [1.54, 1.807) is 0 Å². The number of rotatable bonds is 2. The standard InChI is InChI=1S/C12H15ClFN3/c1-4-12(2,3)17-10-6-8(14)7(13)5-9(10)16-11(17)15/h5-6H,4H2,1-3H3,(H2,15,16). The van der Waals surface area contributed by atoms with Crippen LogP contribution in [-0.2, 0) is 5.54 Å². The summed E-state index contributed by atoms with van der Waals surface area (Å²) in [5.41, 5.74) is 6.99. The van der Waals surface area contributed by atoms with Crippen LogP contribution in [0.2, 0.25) is 5.02 Å². The summed E-state index contributed by atoms with van der Waals surface area (Å²) in [5, 5.41) is 0.0662. The summed E-state index contributed by atoms with van der Waals surface area (Å²) < 4.78 is 15.4. The maximum Gasteiger partial charge on any atom is 0.201 e. The van der Waals surface area contributed by atoms with Crippen molar-refractivity contribution in [2.24, 2.45) is 0 Å². The molecule has 1 heterocycles. The highest BCUT2D eigenvalue weighted by molar-refractivity contribution is 6.31. The van der Waals surface area contributed by atoms with E-state index in [1.165, 1.54) is 12.1 Å². The van der Waals surface area contributed by atoms with Crippen LogP contribution in [-0.4, -0.2) is 9.55 Å². The summed E-state index contributed by atoms with van der Waals surface area (Å²) >= 11 is 5.73. The van der Waals surface area contributed by atoms with Crippen molar-refractivity contribution in [3.63, 3.8) is 0 Å². The van der Waals surface area contributed by atoms with Gasteiger partial charge >= 0.3 is 0 Å². The minimum Gasteiger partial charge on any atom is -0.369 e. The zero-order valence-corrected chi connectivity index (χ0v) is 10.8. The van der Waals surface area contributed by atoms with Crippen LogP contribution in [0, 0.1) is 5.82 Å². The van der Waals surface area contributed by atoms with Gasteiger partial charge in [0, 0.05) is 11.6 Å². The molecule has 92 valence electrons. The van der Waals surface area contributed by atoms with E-state index in [2.05, 4.69) is 11.9 Å². The monoisotopic (exact) mass is 255 g/mol. The molecule has 0 bridgehead atoms. The lowest BCUT2D eigenvalue weighted by Crippen LogP contribution is -2.26. The van der Waals surface area contributed by atoms with Gasteiger partial charge in [-0.2, -0.15) is 0 Å². The SMILES string of the molecule is CCC(C)(C)n1c(N)nc2cc(Cl)c(F)cc21. The number of nitrogens with zero attached hydrogens (tertiary/aromatic N) is 2. The summed E-state index contributed by atoms with van der Waals surface area (Å²) in [6, 6.07) is 2.89. The fraction of sp³-hybridized carbons (Fsp3) is 0.417. The van der Waals surface area contributed by atoms with Crippen LogP contribution < -0.4 is 5.73 Å². The minimum atomic E-state index is -0.452. The maximum absolute atomic E-state index is 13.5. The summed E-state index contributed by atoms with van der Waals surface area (Å²) in [7, 11) is 0. The van der Waals surface area contributed by atoms with Gasteiger partial charge in [-0.1, -0.05) is 18.5 Å². The van der Waals surface area contributed by atoms with E-state index >= 15 is 0 Å². The maximum atomic E-state index is 13.5. The highest BCUT2D eigenvalue weighted by atomic mass is 35.5. The molecule has 0 radical (unpaired) electrons. The molecule has 3 nitrogen and oxygen atoms in total. The molecule has 0 aliphatic rings. The van der Waals surface area contributed by atoms with Crippen LogP contribution in [0.1, 0.15) is 27.2 Å². The first-order valence-electron chi connectivity index (χ1n) is 5.50. The number of nitrogen functional groups attached to an aromatic ring is 1. The van der Waals surface area contributed by atoms with Crippen molar-refractivity contribution in [2.45, 2.75) is 32.7 Å². The van der Waals surface area contributed by atoms with Crippen molar-refractivity contribution in [3.8, 4) is 0 Å². The van der Waals surface area contributed by atoms with E-state index < -0.39 is 5.82 Å². The van der Waals surface area contributed by atoms with Gasteiger partial charge in [0.05, 0.1) is 16.1 Å². The number of hydrogen-bond acceptors (Lipinski definition) is 2. The number of halogens is 2. The van der Waals surface area contributed by atoms with Gasteiger partial charge in [-0.15, -0.1) is 0 Å². The lowest BCUT2D eigenvalue weighted by molar-refractivity contribution is 0.357. The van der Waals surface area contributed by atoms with Gasteiger partial charge in [-0.25, -0.2) is 9.37 Å². The number of imidazole rings is 1. The molecule has 1 aromatic heterocycles. The second-order valence-electron chi connectivity index (χ2n) is 4.73. The zero-order valence-electron chi connectivity index (χ0n) is 10.1. The fourth-order valence-corrected chi connectivity index (χ4v) is 2.04. The first kappa shape index (κ1) is 12.2. The Morgan fingerprint density at radius 2 is 2.12 bits per heavy atom. The molecule has 2 aromatic rings. The van der Waals surface area contributed by atoms with Crippen molar-refractivity contribution in [1.82, 2.24) is 9.55 Å². The Morgan fingerprint density at radius 3 is 2.71 bits per heavy atom. The van der Waals surface area contributed by atoms with E-state index in [1.807, 2.05) is 18.4 Å². The predicted molar refractivity (Wildman–Crippen MR) is 68.7 cm³/mol. The van der Waals surface area contributed by atoms with Crippen LogP contribution in [0.15, 0.2) is 12.1 Å². The molecule has 0 atom stereocenters. The van der Waals surface area contributed by atoms with Crippen LogP contribution in [0.3, 0.4) is 0 Å². The van der Waals surface area contributed by atoms with Crippen LogP contribution >= 0.6 is 11.6 Å². The molecule has 2 N–H and O–H groups in total. The third-order valence-corrected chi connectivity index (χ3v) is 3.48. The lowest BCUT2D eigenvalue weighted by Gasteiger charge is -2.26. The number of fused-ring (bicyclic) bond motifs is 1. The Balaban J connectivity index is 2.80. The lowest BCUT2D eigenvalue weighted by atomic mass is 10.0. The Kier molecular flexibility index (Phi) is 2.78. The van der Waals surface area contributed by atoms with Crippen molar-refractivity contribution < 1.29 is 4.39 Å². The van der Waals surface area contributed by atoms with E-state index in [0.29, 0.717) is 17.0 Å². The smallest absolute Gasteiger partial charge is 0.201 e. The Labute approximate surface area is 104 Å². The molecular formula is C12H15ClFN3. The summed E-state index contributed by atoms with van der Waals surface area (Å²) in [6.45, 7) is 6.13. The number of benzene rings is 1. The Bertz CT molecular complexity index is 575. The molecule has 17 heavy (non-hydrogen) atoms. The molecule has 2 rings (SSSR count). The molecule has 0 fully saturated rings. The summed E-state index contributed by atoms with van der Waals surface area (Å²) in [6.07, 6.45) is 0.868. The third-order valence-electron chi connectivity index (χ3n) is 3.19. The van der Waals surface area contributed by atoms with Crippen molar-refractivity contribution in [3.05, 3.63) is 23.0 Å². The second-order valence-corrected chi connectivity index (χ2v) is 5.13. The molecule has 1 aromatic carbocycles. The second kappa shape index (κ2) is 3.88. The quantitative estimate of drug-likeness (QED) is 0.892. The number of hydrogen-bond donors (Lipinski definition) is 1. The molecule has 5 heteroatoms. The molecule has 0 aliphatic heterocycles. The van der Waals surface area contributed by atoms with Crippen LogP contribution in [0.5, 0.6) is 0 Å². The van der Waals surface area contributed by atoms with Crippen molar-refractivity contribution >= 4 is 28.6 Å². The predicted octanol–water partition coefficient (Wildman–Crippen LogP) is 3.56. The number of nitrogens with two attached hydrogens (primary N) is 1. The van der Waals surface area contributed by atoms with Gasteiger partial charge < -0.3 is 10.3 Å². The van der Waals surface area contributed by atoms with E-state index in [4.69, 9.17) is 17.3 Å². The van der Waals surface area contributed by atoms with Crippen LogP contribution in [0.4, 0.5) is 10.3 Å². The first-order chi connectivity index (χ1) is 7.86. The number of aromatic nitrogens is 2. The Hall–Kier alpha value is -1.29. The molecule has 0 amide bonds. The molecule has 0 spiro atoms. The number of anilines is 1. The molecule has 0 saturated heterocycles. The van der Waals surface area contributed by atoms with Crippen LogP contribution in [0.25, 0.3) is 11.0 Å². The summed E-state index contributed by atoms with van der Waals surface area (Å²) in [5.74, 6) is -0.0688. The highest BCUT2D eigenvalue weighted by Crippen LogP contribution is 2.31. The third kappa shape index (κ3) is 1.86. The Morgan fingerprint density at radius 1 is 1.47 bits per heavy atom. The topological polar surface area (TPSA) is 43.8 Å². The molecule has 0 saturated carbocycles. The normalized spacial score (nSPS) is 12.3. The van der Waals surface area contributed by atoms with E-state index in [-0.39, 0.29) is 10.6 Å².